The first kappa shape index (κ1) is 17.2. The number of anilines is 1. The van der Waals surface area contributed by atoms with E-state index in [1.807, 2.05) is 0 Å². The number of nitrogens with one attached hydrogen (secondary N) is 1. The Morgan fingerprint density at radius 3 is 2.60 bits per heavy atom. The molecule has 1 aliphatic rings. The van der Waals surface area contributed by atoms with Gasteiger partial charge in [0, 0.05) is 17.4 Å². The number of hydrogen-bond acceptors (Lipinski definition) is 4. The van der Waals surface area contributed by atoms with Gasteiger partial charge in [-0.3, -0.25) is 19.3 Å². The SMILES string of the molecule is COc1ccccc1NC(=O)CCN1C(=O)c2ccc(Br)cc2C1=O. The molecule has 0 saturated carbocycles. The van der Waals surface area contributed by atoms with Crippen LogP contribution in [0.2, 0.25) is 0 Å². The number of carbonyl (C=O) groups excluding carboxylic acids is 3. The molecule has 3 rings (SSSR count). The molecule has 25 heavy (non-hydrogen) atoms. The van der Waals surface area contributed by atoms with Gasteiger partial charge in [0.05, 0.1) is 23.9 Å². The number of benzene rings is 2. The topological polar surface area (TPSA) is 75.7 Å². The van der Waals surface area contributed by atoms with Crippen LogP contribution in [0, 0.1) is 0 Å². The molecule has 2 aromatic carbocycles. The Balaban J connectivity index is 1.65. The molecule has 0 spiro atoms. The van der Waals surface area contributed by atoms with Crippen molar-refractivity contribution < 1.29 is 19.1 Å². The summed E-state index contributed by atoms with van der Waals surface area (Å²) in [6.45, 7) is 0.0188. The largest absolute Gasteiger partial charge is 0.495 e. The van der Waals surface area contributed by atoms with Crippen LogP contribution in [0.3, 0.4) is 0 Å². The molecule has 7 heteroatoms. The summed E-state index contributed by atoms with van der Waals surface area (Å²) < 4.78 is 5.90. The minimum atomic E-state index is -0.383. The highest BCUT2D eigenvalue weighted by Gasteiger charge is 2.35. The maximum absolute atomic E-state index is 12.4. The highest BCUT2D eigenvalue weighted by Crippen LogP contribution is 2.26. The summed E-state index contributed by atoms with van der Waals surface area (Å²) in [5, 5.41) is 2.72. The Kier molecular flexibility index (Phi) is 4.85. The van der Waals surface area contributed by atoms with Gasteiger partial charge < -0.3 is 10.1 Å². The van der Waals surface area contributed by atoms with Crippen molar-refractivity contribution in [3.05, 3.63) is 58.1 Å². The van der Waals surface area contributed by atoms with Crippen molar-refractivity contribution in [3.8, 4) is 5.75 Å². The van der Waals surface area contributed by atoms with Crippen LogP contribution in [0.15, 0.2) is 46.9 Å². The van der Waals surface area contributed by atoms with Crippen LogP contribution in [0.1, 0.15) is 27.1 Å². The first-order valence-corrected chi connectivity index (χ1v) is 8.39. The molecule has 3 amide bonds. The van der Waals surface area contributed by atoms with Gasteiger partial charge in [-0.2, -0.15) is 0 Å². The second kappa shape index (κ2) is 7.06. The molecule has 0 bridgehead atoms. The minimum absolute atomic E-state index is 0.00465. The molecular weight excluding hydrogens is 388 g/mol. The van der Waals surface area contributed by atoms with Gasteiger partial charge in [-0.1, -0.05) is 28.1 Å². The van der Waals surface area contributed by atoms with Crippen molar-refractivity contribution in [2.75, 3.05) is 19.0 Å². The van der Waals surface area contributed by atoms with E-state index in [9.17, 15) is 14.4 Å². The van der Waals surface area contributed by atoms with Crippen molar-refractivity contribution in [2.45, 2.75) is 6.42 Å². The standard InChI is InChI=1S/C18H15BrN2O4/c1-25-15-5-3-2-4-14(15)20-16(22)8-9-21-17(23)12-7-6-11(19)10-13(12)18(21)24/h2-7,10H,8-9H2,1H3,(H,20,22). The van der Waals surface area contributed by atoms with E-state index in [4.69, 9.17) is 4.74 Å². The monoisotopic (exact) mass is 402 g/mol. The van der Waals surface area contributed by atoms with Gasteiger partial charge in [-0.25, -0.2) is 0 Å². The fraction of sp³-hybridized carbons (Fsp3) is 0.167. The molecule has 1 aliphatic heterocycles. The molecule has 0 radical (unpaired) electrons. The lowest BCUT2D eigenvalue weighted by Crippen LogP contribution is -2.32. The van der Waals surface area contributed by atoms with Gasteiger partial charge in [-0.15, -0.1) is 0 Å². The fourth-order valence-corrected chi connectivity index (χ4v) is 3.00. The Morgan fingerprint density at radius 2 is 1.84 bits per heavy atom. The molecule has 0 aromatic heterocycles. The van der Waals surface area contributed by atoms with E-state index in [2.05, 4.69) is 21.2 Å². The van der Waals surface area contributed by atoms with E-state index in [0.717, 1.165) is 9.37 Å². The molecule has 0 atom stereocenters. The number of methoxy groups -OCH3 is 1. The summed E-state index contributed by atoms with van der Waals surface area (Å²) >= 11 is 3.29. The molecular formula is C18H15BrN2O4. The fourth-order valence-electron chi connectivity index (χ4n) is 2.64. The van der Waals surface area contributed by atoms with Gasteiger partial charge in [0.15, 0.2) is 0 Å². The van der Waals surface area contributed by atoms with E-state index in [0.29, 0.717) is 22.6 Å². The maximum atomic E-state index is 12.4. The third kappa shape index (κ3) is 3.41. The molecule has 0 fully saturated rings. The highest BCUT2D eigenvalue weighted by atomic mass is 79.9. The quantitative estimate of drug-likeness (QED) is 0.779. The molecule has 0 aliphatic carbocycles. The van der Waals surface area contributed by atoms with Gasteiger partial charge in [0.2, 0.25) is 5.91 Å². The van der Waals surface area contributed by atoms with Crippen LogP contribution in [0.5, 0.6) is 5.75 Å². The Hall–Kier alpha value is -2.67. The number of para-hydroxylation sites is 2. The van der Waals surface area contributed by atoms with Crippen LogP contribution in [-0.2, 0) is 4.79 Å². The van der Waals surface area contributed by atoms with Crippen molar-refractivity contribution in [1.82, 2.24) is 4.90 Å². The van der Waals surface area contributed by atoms with Crippen molar-refractivity contribution >= 4 is 39.3 Å². The lowest BCUT2D eigenvalue weighted by molar-refractivity contribution is -0.116. The lowest BCUT2D eigenvalue weighted by Gasteiger charge is -2.14. The van der Waals surface area contributed by atoms with E-state index < -0.39 is 0 Å². The normalized spacial score (nSPS) is 13.0. The molecule has 128 valence electrons. The number of halogens is 1. The number of nitrogens with zero attached hydrogens (tertiary/aromatic N) is 1. The first-order chi connectivity index (χ1) is 12.0. The zero-order chi connectivity index (χ0) is 18.0. The van der Waals surface area contributed by atoms with E-state index in [-0.39, 0.29) is 30.7 Å². The summed E-state index contributed by atoms with van der Waals surface area (Å²) in [5.74, 6) is -0.521. The predicted molar refractivity (Wildman–Crippen MR) is 95.7 cm³/mol. The van der Waals surface area contributed by atoms with Gasteiger partial charge >= 0.3 is 0 Å². The second-order valence-electron chi connectivity index (χ2n) is 5.45. The number of carbonyl (C=O) groups is 3. The van der Waals surface area contributed by atoms with Crippen LogP contribution < -0.4 is 10.1 Å². The molecule has 2 aromatic rings. The zero-order valence-corrected chi connectivity index (χ0v) is 15.0. The van der Waals surface area contributed by atoms with E-state index in [1.54, 1.807) is 42.5 Å². The number of imide groups is 1. The smallest absolute Gasteiger partial charge is 0.261 e. The predicted octanol–water partition coefficient (Wildman–Crippen LogP) is 3.08. The average Bonchev–Trinajstić information content (AvgIpc) is 2.84. The average molecular weight is 403 g/mol. The number of rotatable bonds is 5. The van der Waals surface area contributed by atoms with Crippen LogP contribution in [-0.4, -0.2) is 36.3 Å². The molecule has 0 unspecified atom stereocenters. The van der Waals surface area contributed by atoms with Crippen LogP contribution in [0.25, 0.3) is 0 Å². The molecule has 1 N–H and O–H groups in total. The summed E-state index contributed by atoms with van der Waals surface area (Å²) in [6, 6.07) is 12.0. The number of ether oxygens (including phenoxy) is 1. The number of fused-ring (bicyclic) bond motifs is 1. The summed E-state index contributed by atoms with van der Waals surface area (Å²) in [5.41, 5.74) is 1.25. The zero-order valence-electron chi connectivity index (χ0n) is 13.4. The van der Waals surface area contributed by atoms with E-state index in [1.165, 1.54) is 7.11 Å². The Morgan fingerprint density at radius 1 is 1.12 bits per heavy atom. The summed E-state index contributed by atoms with van der Waals surface area (Å²) in [4.78, 5) is 37.9. The molecule has 1 heterocycles. The minimum Gasteiger partial charge on any atom is -0.495 e. The van der Waals surface area contributed by atoms with Gasteiger partial charge in [-0.05, 0) is 30.3 Å². The summed E-state index contributed by atoms with van der Waals surface area (Å²) in [6.07, 6.45) is 0.00465. The van der Waals surface area contributed by atoms with Crippen molar-refractivity contribution in [3.63, 3.8) is 0 Å². The number of hydrogen-bond donors (Lipinski definition) is 1. The third-order valence-electron chi connectivity index (χ3n) is 3.88. The Labute approximate surface area is 152 Å². The molecule has 6 nitrogen and oxygen atoms in total. The van der Waals surface area contributed by atoms with Crippen LogP contribution >= 0.6 is 15.9 Å². The molecule has 0 saturated heterocycles. The third-order valence-corrected chi connectivity index (χ3v) is 4.37. The van der Waals surface area contributed by atoms with Crippen molar-refractivity contribution in [2.24, 2.45) is 0 Å². The maximum Gasteiger partial charge on any atom is 0.261 e. The number of amides is 3. The Bertz CT molecular complexity index is 866. The first-order valence-electron chi connectivity index (χ1n) is 7.60. The summed E-state index contributed by atoms with van der Waals surface area (Å²) in [7, 11) is 1.52. The van der Waals surface area contributed by atoms with E-state index >= 15 is 0 Å². The second-order valence-corrected chi connectivity index (χ2v) is 6.37. The lowest BCUT2D eigenvalue weighted by atomic mass is 10.1. The van der Waals surface area contributed by atoms with Crippen LogP contribution in [0.4, 0.5) is 5.69 Å². The highest BCUT2D eigenvalue weighted by molar-refractivity contribution is 9.10. The van der Waals surface area contributed by atoms with Crippen molar-refractivity contribution in [1.29, 1.82) is 0 Å². The van der Waals surface area contributed by atoms with Gasteiger partial charge in [0.1, 0.15) is 5.75 Å². The van der Waals surface area contributed by atoms with Gasteiger partial charge in [0.25, 0.3) is 11.8 Å².